The van der Waals surface area contributed by atoms with Crippen molar-refractivity contribution in [2.24, 2.45) is 0 Å². The SMILES string of the molecule is CN(Cc1csc(Br)c1)Cc1ccc(C(=O)O)cn1. The summed E-state index contributed by atoms with van der Waals surface area (Å²) in [6.45, 7) is 1.53. The average molecular weight is 341 g/mol. The van der Waals surface area contributed by atoms with E-state index >= 15 is 0 Å². The third-order valence-corrected chi connectivity index (χ3v) is 4.13. The van der Waals surface area contributed by atoms with Crippen LogP contribution in [0.25, 0.3) is 0 Å². The zero-order valence-electron chi connectivity index (χ0n) is 10.3. The lowest BCUT2D eigenvalue weighted by molar-refractivity contribution is 0.0696. The monoisotopic (exact) mass is 340 g/mol. The fourth-order valence-electron chi connectivity index (χ4n) is 1.72. The van der Waals surface area contributed by atoms with E-state index in [9.17, 15) is 4.79 Å². The van der Waals surface area contributed by atoms with Crippen LogP contribution in [0.3, 0.4) is 0 Å². The maximum Gasteiger partial charge on any atom is 0.337 e. The molecule has 2 aromatic rings. The normalized spacial score (nSPS) is 10.9. The second-order valence-corrected chi connectivity index (χ2v) is 6.57. The minimum absolute atomic E-state index is 0.216. The van der Waals surface area contributed by atoms with Crippen molar-refractivity contribution in [2.45, 2.75) is 13.1 Å². The molecule has 0 aliphatic heterocycles. The predicted molar refractivity (Wildman–Crippen MR) is 78.4 cm³/mol. The number of aromatic carboxylic acids is 1. The first kappa shape index (κ1) is 14.2. The Balaban J connectivity index is 1.94. The summed E-state index contributed by atoms with van der Waals surface area (Å²) in [5, 5.41) is 10.9. The molecule has 2 aromatic heterocycles. The van der Waals surface area contributed by atoms with E-state index in [0.717, 1.165) is 16.0 Å². The highest BCUT2D eigenvalue weighted by atomic mass is 79.9. The summed E-state index contributed by atoms with van der Waals surface area (Å²) in [7, 11) is 2.01. The Morgan fingerprint density at radius 3 is 2.79 bits per heavy atom. The minimum Gasteiger partial charge on any atom is -0.478 e. The number of carboxylic acid groups (broad SMARTS) is 1. The molecular formula is C13H13BrN2O2S. The Kier molecular flexibility index (Phi) is 4.68. The molecule has 0 aromatic carbocycles. The van der Waals surface area contributed by atoms with Gasteiger partial charge in [0.15, 0.2) is 0 Å². The topological polar surface area (TPSA) is 53.4 Å². The lowest BCUT2D eigenvalue weighted by atomic mass is 10.2. The number of pyridine rings is 1. The molecule has 0 fully saturated rings. The third kappa shape index (κ3) is 4.12. The van der Waals surface area contributed by atoms with E-state index in [1.165, 1.54) is 11.8 Å². The van der Waals surface area contributed by atoms with Crippen LogP contribution in [0, 0.1) is 0 Å². The minimum atomic E-state index is -0.949. The summed E-state index contributed by atoms with van der Waals surface area (Å²) in [5.41, 5.74) is 2.33. The molecule has 0 amide bonds. The van der Waals surface area contributed by atoms with Crippen molar-refractivity contribution < 1.29 is 9.90 Å². The Morgan fingerprint density at radius 1 is 1.47 bits per heavy atom. The first-order valence-electron chi connectivity index (χ1n) is 5.64. The molecule has 19 heavy (non-hydrogen) atoms. The van der Waals surface area contributed by atoms with Crippen LogP contribution in [0.1, 0.15) is 21.6 Å². The van der Waals surface area contributed by atoms with Crippen molar-refractivity contribution >= 4 is 33.2 Å². The molecule has 0 aliphatic carbocycles. The molecule has 2 heterocycles. The maximum absolute atomic E-state index is 10.7. The van der Waals surface area contributed by atoms with Gasteiger partial charge in [-0.1, -0.05) is 0 Å². The van der Waals surface area contributed by atoms with Crippen LogP contribution in [0.5, 0.6) is 0 Å². The highest BCUT2D eigenvalue weighted by molar-refractivity contribution is 9.11. The summed E-state index contributed by atoms with van der Waals surface area (Å²) in [6.07, 6.45) is 1.40. The van der Waals surface area contributed by atoms with Gasteiger partial charge in [-0.05, 0) is 52.1 Å². The molecule has 1 N–H and O–H groups in total. The summed E-state index contributed by atoms with van der Waals surface area (Å²) >= 11 is 5.11. The number of rotatable bonds is 5. The zero-order valence-corrected chi connectivity index (χ0v) is 12.7. The van der Waals surface area contributed by atoms with Gasteiger partial charge in [-0.15, -0.1) is 11.3 Å². The van der Waals surface area contributed by atoms with Gasteiger partial charge in [0.25, 0.3) is 0 Å². The first-order valence-corrected chi connectivity index (χ1v) is 7.31. The van der Waals surface area contributed by atoms with Gasteiger partial charge in [0.2, 0.25) is 0 Å². The molecule has 2 rings (SSSR count). The molecule has 4 nitrogen and oxygen atoms in total. The van der Waals surface area contributed by atoms with Crippen LogP contribution in [-0.2, 0) is 13.1 Å². The fraction of sp³-hybridized carbons (Fsp3) is 0.231. The molecule has 0 aliphatic rings. The van der Waals surface area contributed by atoms with Crippen molar-refractivity contribution in [3.63, 3.8) is 0 Å². The van der Waals surface area contributed by atoms with E-state index in [4.69, 9.17) is 5.11 Å². The fourth-order valence-corrected chi connectivity index (χ4v) is 2.92. The summed E-state index contributed by atoms with van der Waals surface area (Å²) in [5.74, 6) is -0.949. The van der Waals surface area contributed by atoms with Crippen LogP contribution in [0.15, 0.2) is 33.6 Å². The van der Waals surface area contributed by atoms with Crippen LogP contribution in [0.2, 0.25) is 0 Å². The van der Waals surface area contributed by atoms with Crippen LogP contribution < -0.4 is 0 Å². The Hall–Kier alpha value is -1.24. The molecule has 0 unspecified atom stereocenters. The smallest absolute Gasteiger partial charge is 0.337 e. The van der Waals surface area contributed by atoms with E-state index in [0.29, 0.717) is 6.54 Å². The lowest BCUT2D eigenvalue weighted by Gasteiger charge is -2.15. The van der Waals surface area contributed by atoms with Gasteiger partial charge in [0.05, 0.1) is 15.0 Å². The third-order valence-electron chi connectivity index (χ3n) is 2.58. The van der Waals surface area contributed by atoms with Crippen LogP contribution in [-0.4, -0.2) is 28.0 Å². The van der Waals surface area contributed by atoms with E-state index in [1.54, 1.807) is 23.5 Å². The van der Waals surface area contributed by atoms with Crippen molar-refractivity contribution in [3.05, 3.63) is 50.4 Å². The molecular weight excluding hydrogens is 328 g/mol. The maximum atomic E-state index is 10.7. The van der Waals surface area contributed by atoms with Gasteiger partial charge in [0.1, 0.15) is 0 Å². The Morgan fingerprint density at radius 2 is 2.26 bits per heavy atom. The standard InChI is InChI=1S/C13H13BrN2O2S/c1-16(6-9-4-12(14)19-8-9)7-11-3-2-10(5-15-11)13(17)18/h2-5,8H,6-7H2,1H3,(H,17,18). The van der Waals surface area contributed by atoms with Crippen LogP contribution in [0.4, 0.5) is 0 Å². The molecule has 6 heteroatoms. The average Bonchev–Trinajstić information content (AvgIpc) is 2.75. The number of carbonyl (C=O) groups is 1. The Bertz CT molecular complexity index is 568. The molecule has 100 valence electrons. The second-order valence-electron chi connectivity index (χ2n) is 4.27. The van der Waals surface area contributed by atoms with Gasteiger partial charge in [-0.2, -0.15) is 0 Å². The van der Waals surface area contributed by atoms with Crippen molar-refractivity contribution in [3.8, 4) is 0 Å². The molecule has 0 saturated carbocycles. The number of aromatic nitrogens is 1. The number of hydrogen-bond acceptors (Lipinski definition) is 4. The van der Waals surface area contributed by atoms with E-state index in [2.05, 4.69) is 37.3 Å². The summed E-state index contributed by atoms with van der Waals surface area (Å²) < 4.78 is 1.12. The first-order chi connectivity index (χ1) is 9.04. The van der Waals surface area contributed by atoms with Gasteiger partial charge in [0, 0.05) is 19.3 Å². The van der Waals surface area contributed by atoms with Gasteiger partial charge >= 0.3 is 5.97 Å². The van der Waals surface area contributed by atoms with E-state index < -0.39 is 5.97 Å². The second kappa shape index (κ2) is 6.27. The number of nitrogens with zero attached hydrogens (tertiary/aromatic N) is 2. The molecule has 0 radical (unpaired) electrons. The van der Waals surface area contributed by atoms with Crippen molar-refractivity contribution in [1.82, 2.24) is 9.88 Å². The molecule has 0 spiro atoms. The van der Waals surface area contributed by atoms with Gasteiger partial charge in [-0.3, -0.25) is 9.88 Å². The predicted octanol–water partition coefficient (Wildman–Crippen LogP) is 3.24. The number of carboxylic acids is 1. The number of halogens is 1. The molecule has 0 bridgehead atoms. The molecule has 0 saturated heterocycles. The molecule has 0 atom stereocenters. The Labute approximate surface area is 123 Å². The van der Waals surface area contributed by atoms with Crippen LogP contribution >= 0.6 is 27.3 Å². The van der Waals surface area contributed by atoms with E-state index in [-0.39, 0.29) is 5.56 Å². The highest BCUT2D eigenvalue weighted by Gasteiger charge is 2.06. The van der Waals surface area contributed by atoms with Gasteiger partial charge < -0.3 is 5.11 Å². The largest absolute Gasteiger partial charge is 0.478 e. The highest BCUT2D eigenvalue weighted by Crippen LogP contribution is 2.21. The quantitative estimate of drug-likeness (QED) is 0.907. The number of thiophene rings is 1. The van der Waals surface area contributed by atoms with Crippen molar-refractivity contribution in [1.29, 1.82) is 0 Å². The summed E-state index contributed by atoms with van der Waals surface area (Å²) in [4.78, 5) is 17.0. The lowest BCUT2D eigenvalue weighted by Crippen LogP contribution is -2.17. The number of hydrogen-bond donors (Lipinski definition) is 1. The van der Waals surface area contributed by atoms with E-state index in [1.807, 2.05) is 7.05 Å². The summed E-state index contributed by atoms with van der Waals surface area (Å²) in [6, 6.07) is 5.44. The van der Waals surface area contributed by atoms with Gasteiger partial charge in [-0.25, -0.2) is 4.79 Å². The van der Waals surface area contributed by atoms with Crippen molar-refractivity contribution in [2.75, 3.05) is 7.05 Å². The zero-order chi connectivity index (χ0) is 13.8.